The lowest BCUT2D eigenvalue weighted by atomic mass is 10.2. The lowest BCUT2D eigenvalue weighted by Gasteiger charge is -2.11. The van der Waals surface area contributed by atoms with E-state index in [1.807, 2.05) is 55.5 Å². The molecule has 0 fully saturated rings. The average Bonchev–Trinajstić information content (AvgIpc) is 3.09. The zero-order valence-corrected chi connectivity index (χ0v) is 14.4. The van der Waals surface area contributed by atoms with Crippen LogP contribution in [-0.2, 0) is 0 Å². The molecule has 2 N–H and O–H groups in total. The van der Waals surface area contributed by atoms with Crippen LogP contribution in [0.15, 0.2) is 48.5 Å². The Hall–Kier alpha value is -3.48. The number of fused-ring (bicyclic) bond motifs is 1. The third kappa shape index (κ3) is 3.46. The number of hydrogen-bond donors (Lipinski definition) is 2. The number of rotatable bonds is 5. The van der Waals surface area contributed by atoms with E-state index in [-0.39, 0.29) is 6.79 Å². The highest BCUT2D eigenvalue weighted by Crippen LogP contribution is 2.35. The number of hydrogen-bond acceptors (Lipinski definition) is 7. The van der Waals surface area contributed by atoms with E-state index < -0.39 is 0 Å². The summed E-state index contributed by atoms with van der Waals surface area (Å²) in [5.74, 6) is 3.41. The second-order valence-electron chi connectivity index (χ2n) is 5.77. The van der Waals surface area contributed by atoms with Crippen molar-refractivity contribution < 1.29 is 14.2 Å². The van der Waals surface area contributed by atoms with Crippen LogP contribution in [0.5, 0.6) is 17.2 Å². The molecule has 0 saturated heterocycles. The van der Waals surface area contributed by atoms with Gasteiger partial charge < -0.3 is 24.8 Å². The van der Waals surface area contributed by atoms with E-state index in [9.17, 15) is 0 Å². The van der Waals surface area contributed by atoms with Crippen molar-refractivity contribution in [3.8, 4) is 17.2 Å². The van der Waals surface area contributed by atoms with Crippen molar-refractivity contribution in [2.45, 2.75) is 6.92 Å². The number of nitrogens with one attached hydrogen (secondary N) is 2. The van der Waals surface area contributed by atoms with E-state index in [1.54, 1.807) is 7.11 Å². The van der Waals surface area contributed by atoms with Gasteiger partial charge in [-0.05, 0) is 31.2 Å². The van der Waals surface area contributed by atoms with Crippen LogP contribution in [0.25, 0.3) is 0 Å². The molecule has 3 aromatic rings. The molecule has 0 unspecified atom stereocenters. The molecule has 0 atom stereocenters. The molecule has 1 aromatic heterocycles. The van der Waals surface area contributed by atoms with Crippen LogP contribution >= 0.6 is 0 Å². The van der Waals surface area contributed by atoms with Crippen molar-refractivity contribution in [1.82, 2.24) is 9.97 Å². The monoisotopic (exact) mass is 350 g/mol. The van der Waals surface area contributed by atoms with Crippen LogP contribution < -0.4 is 24.8 Å². The quantitative estimate of drug-likeness (QED) is 0.720. The van der Waals surface area contributed by atoms with Crippen molar-refractivity contribution in [3.05, 3.63) is 54.2 Å². The van der Waals surface area contributed by atoms with Crippen LogP contribution in [0.3, 0.4) is 0 Å². The topological polar surface area (TPSA) is 77.5 Å². The van der Waals surface area contributed by atoms with Crippen LogP contribution in [0.1, 0.15) is 5.69 Å². The first-order chi connectivity index (χ1) is 12.7. The predicted octanol–water partition coefficient (Wildman–Crippen LogP) is 4.01. The van der Waals surface area contributed by atoms with E-state index in [0.29, 0.717) is 11.8 Å². The molecule has 7 heteroatoms. The maximum atomic E-state index is 5.41. The molecule has 1 aliphatic heterocycles. The number of aryl methyl sites for hydroxylation is 1. The van der Waals surface area contributed by atoms with E-state index in [4.69, 9.17) is 14.2 Å². The van der Waals surface area contributed by atoms with Crippen molar-refractivity contribution in [2.75, 3.05) is 24.5 Å². The summed E-state index contributed by atoms with van der Waals surface area (Å²) < 4.78 is 16.0. The van der Waals surface area contributed by atoms with Crippen molar-refractivity contribution >= 4 is 23.1 Å². The average molecular weight is 350 g/mol. The smallest absolute Gasteiger partial charge is 0.231 e. The van der Waals surface area contributed by atoms with Crippen molar-refractivity contribution in [3.63, 3.8) is 0 Å². The van der Waals surface area contributed by atoms with E-state index >= 15 is 0 Å². The summed E-state index contributed by atoms with van der Waals surface area (Å²) in [7, 11) is 1.63. The second-order valence-corrected chi connectivity index (χ2v) is 5.77. The number of benzene rings is 2. The van der Waals surface area contributed by atoms with E-state index in [1.165, 1.54) is 0 Å². The summed E-state index contributed by atoms with van der Waals surface area (Å²) in [5.41, 5.74) is 2.55. The number of nitrogens with zero attached hydrogens (tertiary/aromatic N) is 2. The summed E-state index contributed by atoms with van der Waals surface area (Å²) in [6, 6.07) is 15.2. The minimum absolute atomic E-state index is 0.250. The second kappa shape index (κ2) is 6.79. The van der Waals surface area contributed by atoms with Gasteiger partial charge in [-0.15, -0.1) is 0 Å². The Balaban J connectivity index is 1.56. The lowest BCUT2D eigenvalue weighted by Crippen LogP contribution is -2.02. The largest absolute Gasteiger partial charge is 0.497 e. The number of aromatic nitrogens is 2. The van der Waals surface area contributed by atoms with Gasteiger partial charge in [0.25, 0.3) is 0 Å². The van der Waals surface area contributed by atoms with E-state index in [0.717, 1.165) is 34.3 Å². The third-order valence-electron chi connectivity index (χ3n) is 3.83. The van der Waals surface area contributed by atoms with Crippen LogP contribution in [-0.4, -0.2) is 23.9 Å². The maximum absolute atomic E-state index is 5.41. The molecule has 26 heavy (non-hydrogen) atoms. The highest BCUT2D eigenvalue weighted by molar-refractivity contribution is 5.64. The lowest BCUT2D eigenvalue weighted by molar-refractivity contribution is 0.174. The molecule has 0 bridgehead atoms. The van der Waals surface area contributed by atoms with E-state index in [2.05, 4.69) is 20.6 Å². The molecule has 2 heterocycles. The van der Waals surface area contributed by atoms with Gasteiger partial charge in [0.1, 0.15) is 11.6 Å². The van der Waals surface area contributed by atoms with Gasteiger partial charge in [-0.3, -0.25) is 0 Å². The first kappa shape index (κ1) is 16.0. The number of ether oxygens (including phenoxy) is 3. The molecule has 7 nitrogen and oxygen atoms in total. The summed E-state index contributed by atoms with van der Waals surface area (Å²) >= 11 is 0. The highest BCUT2D eigenvalue weighted by Gasteiger charge is 2.13. The summed E-state index contributed by atoms with van der Waals surface area (Å²) in [6.07, 6.45) is 0. The van der Waals surface area contributed by atoms with Gasteiger partial charge in [0, 0.05) is 35.3 Å². The summed E-state index contributed by atoms with van der Waals surface area (Å²) in [5, 5.41) is 6.47. The molecule has 0 spiro atoms. The summed E-state index contributed by atoms with van der Waals surface area (Å²) in [6.45, 7) is 2.17. The summed E-state index contributed by atoms with van der Waals surface area (Å²) in [4.78, 5) is 8.96. The number of methoxy groups -OCH3 is 1. The van der Waals surface area contributed by atoms with Gasteiger partial charge in [-0.1, -0.05) is 6.07 Å². The molecule has 0 radical (unpaired) electrons. The van der Waals surface area contributed by atoms with Gasteiger partial charge >= 0.3 is 0 Å². The van der Waals surface area contributed by atoms with Gasteiger partial charge in [-0.25, -0.2) is 4.98 Å². The molecule has 0 aliphatic carbocycles. The third-order valence-corrected chi connectivity index (χ3v) is 3.83. The first-order valence-corrected chi connectivity index (χ1v) is 8.13. The number of anilines is 4. The molecule has 0 saturated carbocycles. The van der Waals surface area contributed by atoms with Crippen LogP contribution in [0.4, 0.5) is 23.1 Å². The Morgan fingerprint density at radius 2 is 1.77 bits per heavy atom. The SMILES string of the molecule is COc1cccc(Nc2nc(C)cc(Nc3ccc4c(c3)OCO4)n2)c1. The molecule has 0 amide bonds. The van der Waals surface area contributed by atoms with Crippen molar-refractivity contribution in [1.29, 1.82) is 0 Å². The minimum Gasteiger partial charge on any atom is -0.497 e. The first-order valence-electron chi connectivity index (χ1n) is 8.13. The Kier molecular flexibility index (Phi) is 4.18. The van der Waals surface area contributed by atoms with Gasteiger partial charge in [0.2, 0.25) is 12.7 Å². The predicted molar refractivity (Wildman–Crippen MR) is 98.9 cm³/mol. The fourth-order valence-corrected chi connectivity index (χ4v) is 2.64. The Labute approximate surface area is 151 Å². The standard InChI is InChI=1S/C19H18N4O3/c1-12-8-18(21-14-6-7-16-17(10-14)26-11-25-16)23-19(20-12)22-13-4-3-5-15(9-13)24-2/h3-10H,11H2,1-2H3,(H2,20,21,22,23). The molecule has 132 valence electrons. The van der Waals surface area contributed by atoms with Crippen LogP contribution in [0.2, 0.25) is 0 Å². The Morgan fingerprint density at radius 3 is 2.65 bits per heavy atom. The van der Waals surface area contributed by atoms with Gasteiger partial charge in [0.15, 0.2) is 11.5 Å². The zero-order valence-electron chi connectivity index (χ0n) is 14.4. The van der Waals surface area contributed by atoms with Gasteiger partial charge in [-0.2, -0.15) is 4.98 Å². The Morgan fingerprint density at radius 1 is 0.923 bits per heavy atom. The molecular weight excluding hydrogens is 332 g/mol. The zero-order chi connectivity index (χ0) is 17.9. The minimum atomic E-state index is 0.250. The van der Waals surface area contributed by atoms with Crippen LogP contribution in [0, 0.1) is 6.92 Å². The fraction of sp³-hybridized carbons (Fsp3) is 0.158. The normalized spacial score (nSPS) is 11.9. The molecule has 4 rings (SSSR count). The van der Waals surface area contributed by atoms with Crippen molar-refractivity contribution in [2.24, 2.45) is 0 Å². The van der Waals surface area contributed by atoms with Gasteiger partial charge in [0.05, 0.1) is 7.11 Å². The molecule has 2 aromatic carbocycles. The fourth-order valence-electron chi connectivity index (χ4n) is 2.64. The Bertz CT molecular complexity index is 946. The maximum Gasteiger partial charge on any atom is 0.231 e. The highest BCUT2D eigenvalue weighted by atomic mass is 16.7. The molecule has 1 aliphatic rings. The molecular formula is C19H18N4O3.